The number of aliphatic hydroxyl groups is 1. The van der Waals surface area contributed by atoms with Gasteiger partial charge >= 0.3 is 0 Å². The predicted octanol–water partition coefficient (Wildman–Crippen LogP) is 0.926. The molecule has 0 saturated carbocycles. The number of carbonyl (C=O) groups is 1. The number of hydrogen-bond donors (Lipinski definition) is 1. The van der Waals surface area contributed by atoms with Crippen LogP contribution in [0.1, 0.15) is 17.5 Å². The zero-order valence-corrected chi connectivity index (χ0v) is 9.77. The molecule has 0 radical (unpaired) electrons. The molecule has 0 saturated heterocycles. The highest BCUT2D eigenvalue weighted by atomic mass is 16.5. The molecule has 0 fully saturated rings. The molecule has 1 rings (SSSR count). The van der Waals surface area contributed by atoms with Crippen molar-refractivity contribution in [3.8, 4) is 0 Å². The summed E-state index contributed by atoms with van der Waals surface area (Å²) >= 11 is 0. The van der Waals surface area contributed by atoms with Crippen LogP contribution in [0.2, 0.25) is 0 Å². The molecular weight excluding hydrogens is 210 g/mol. The normalized spacial score (nSPS) is 12.5. The Morgan fingerprint density at radius 3 is 2.81 bits per heavy atom. The maximum Gasteiger partial charge on any atom is 0.196 e. The number of rotatable bonds is 6. The summed E-state index contributed by atoms with van der Waals surface area (Å²) in [6.45, 7) is 2.10. The molecule has 0 amide bonds. The van der Waals surface area contributed by atoms with E-state index in [2.05, 4.69) is 0 Å². The minimum absolute atomic E-state index is 0.114. The molecule has 1 N–H and O–H groups in total. The fraction of sp³-hybridized carbons (Fsp3) is 0.545. The highest BCUT2D eigenvalue weighted by Crippen LogP contribution is 2.17. The number of carbonyl (C=O) groups excluding carboxylic acids is 1. The lowest BCUT2D eigenvalue weighted by Crippen LogP contribution is -2.31. The van der Waals surface area contributed by atoms with E-state index in [1.54, 1.807) is 24.1 Å². The van der Waals surface area contributed by atoms with E-state index >= 15 is 0 Å². The van der Waals surface area contributed by atoms with Crippen LogP contribution in [0, 0.1) is 0 Å². The number of Topliss-reactive ketones (excluding diaryl/α,β-unsaturated/α-hetero) is 1. The number of aliphatic hydroxyl groups excluding tert-OH is 1. The summed E-state index contributed by atoms with van der Waals surface area (Å²) in [4.78, 5) is 12.8. The van der Waals surface area contributed by atoms with Crippen molar-refractivity contribution in [3.63, 3.8) is 0 Å². The van der Waals surface area contributed by atoms with Gasteiger partial charge in [0, 0.05) is 33.7 Å². The van der Waals surface area contributed by atoms with Gasteiger partial charge in [-0.15, -0.1) is 0 Å². The summed E-state index contributed by atoms with van der Waals surface area (Å²) < 4.78 is 10.1. The van der Waals surface area contributed by atoms with Crippen molar-refractivity contribution in [1.82, 2.24) is 0 Å². The van der Waals surface area contributed by atoms with Crippen LogP contribution < -0.4 is 4.90 Å². The molecule has 1 aromatic rings. The third-order valence-corrected chi connectivity index (χ3v) is 2.16. The first kappa shape index (κ1) is 12.7. The molecule has 0 aliphatic heterocycles. The Balaban J connectivity index is 2.58. The van der Waals surface area contributed by atoms with Crippen LogP contribution in [0.3, 0.4) is 0 Å². The fourth-order valence-corrected chi connectivity index (χ4v) is 1.37. The van der Waals surface area contributed by atoms with Crippen molar-refractivity contribution < 1.29 is 19.1 Å². The number of likely N-dealkylation sites (N-methyl/N-ethyl adjacent to an activating group) is 1. The van der Waals surface area contributed by atoms with Crippen LogP contribution in [0.5, 0.6) is 0 Å². The van der Waals surface area contributed by atoms with Crippen molar-refractivity contribution in [2.24, 2.45) is 0 Å². The first-order chi connectivity index (χ1) is 7.54. The standard InChI is InChI=1S/C11H17NO4/c1-8(13)10-4-5-11(16-10)12(2)6-9(14)7-15-3/h4-5,9,14H,6-7H2,1-3H3. The summed E-state index contributed by atoms with van der Waals surface area (Å²) in [5.74, 6) is 0.764. The number of ether oxygens (including phenoxy) is 1. The van der Waals surface area contributed by atoms with Crippen LogP contribution in [0.25, 0.3) is 0 Å². The average Bonchev–Trinajstić information content (AvgIpc) is 2.66. The highest BCUT2D eigenvalue weighted by molar-refractivity contribution is 5.91. The van der Waals surface area contributed by atoms with Gasteiger partial charge in [0.25, 0.3) is 0 Å². The summed E-state index contributed by atoms with van der Waals surface area (Å²) in [5.41, 5.74) is 0. The molecule has 16 heavy (non-hydrogen) atoms. The minimum Gasteiger partial charge on any atom is -0.437 e. The minimum atomic E-state index is -0.583. The predicted molar refractivity (Wildman–Crippen MR) is 59.9 cm³/mol. The molecule has 5 nitrogen and oxygen atoms in total. The van der Waals surface area contributed by atoms with E-state index in [1.807, 2.05) is 0 Å². The second-order valence-corrected chi connectivity index (χ2v) is 3.68. The number of hydrogen-bond acceptors (Lipinski definition) is 5. The van der Waals surface area contributed by atoms with Crippen LogP contribution in [0.4, 0.5) is 5.88 Å². The Bertz CT molecular complexity index is 348. The summed E-state index contributed by atoms with van der Waals surface area (Å²) in [6, 6.07) is 3.33. The number of nitrogens with zero attached hydrogens (tertiary/aromatic N) is 1. The Kier molecular flexibility index (Phi) is 4.52. The third-order valence-electron chi connectivity index (χ3n) is 2.16. The average molecular weight is 227 g/mol. The summed E-state index contributed by atoms with van der Waals surface area (Å²) in [5, 5.41) is 9.52. The molecule has 1 aromatic heterocycles. The van der Waals surface area contributed by atoms with Crippen LogP contribution in [-0.4, -0.2) is 44.3 Å². The Hall–Kier alpha value is -1.33. The highest BCUT2D eigenvalue weighted by Gasteiger charge is 2.13. The second-order valence-electron chi connectivity index (χ2n) is 3.68. The topological polar surface area (TPSA) is 62.9 Å². The Morgan fingerprint density at radius 1 is 1.62 bits per heavy atom. The van der Waals surface area contributed by atoms with E-state index in [-0.39, 0.29) is 12.4 Å². The van der Waals surface area contributed by atoms with Crippen molar-refractivity contribution >= 4 is 11.7 Å². The largest absolute Gasteiger partial charge is 0.437 e. The molecule has 0 spiro atoms. The zero-order valence-electron chi connectivity index (χ0n) is 9.77. The van der Waals surface area contributed by atoms with Crippen molar-refractivity contribution in [3.05, 3.63) is 17.9 Å². The van der Waals surface area contributed by atoms with E-state index in [9.17, 15) is 9.90 Å². The first-order valence-electron chi connectivity index (χ1n) is 5.03. The van der Waals surface area contributed by atoms with Crippen LogP contribution in [0.15, 0.2) is 16.5 Å². The Labute approximate surface area is 94.6 Å². The molecule has 1 unspecified atom stereocenters. The van der Waals surface area contributed by atoms with Crippen LogP contribution >= 0.6 is 0 Å². The van der Waals surface area contributed by atoms with Gasteiger partial charge in [-0.1, -0.05) is 0 Å². The SMILES string of the molecule is COCC(O)CN(C)c1ccc(C(C)=O)o1. The van der Waals surface area contributed by atoms with Gasteiger partial charge in [-0.3, -0.25) is 4.79 Å². The number of anilines is 1. The fourth-order valence-electron chi connectivity index (χ4n) is 1.37. The summed E-state index contributed by atoms with van der Waals surface area (Å²) in [6.07, 6.45) is -0.583. The molecule has 0 aliphatic carbocycles. The van der Waals surface area contributed by atoms with Gasteiger partial charge in [-0.2, -0.15) is 0 Å². The van der Waals surface area contributed by atoms with E-state index in [1.165, 1.54) is 14.0 Å². The molecule has 0 aromatic carbocycles. The van der Waals surface area contributed by atoms with Crippen molar-refractivity contribution in [2.75, 3.05) is 32.2 Å². The first-order valence-corrected chi connectivity index (χ1v) is 5.03. The van der Waals surface area contributed by atoms with Gasteiger partial charge in [0.05, 0.1) is 12.7 Å². The quantitative estimate of drug-likeness (QED) is 0.732. The maximum atomic E-state index is 11.0. The van der Waals surface area contributed by atoms with Crippen molar-refractivity contribution in [1.29, 1.82) is 0 Å². The second kappa shape index (κ2) is 5.67. The number of methoxy groups -OCH3 is 1. The van der Waals surface area contributed by atoms with Gasteiger partial charge in [-0.25, -0.2) is 0 Å². The number of furan rings is 1. The molecule has 1 atom stereocenters. The van der Waals surface area contributed by atoms with E-state index in [0.717, 1.165) is 0 Å². The van der Waals surface area contributed by atoms with E-state index < -0.39 is 6.10 Å². The van der Waals surface area contributed by atoms with E-state index in [4.69, 9.17) is 9.15 Å². The van der Waals surface area contributed by atoms with Gasteiger partial charge in [0.15, 0.2) is 17.4 Å². The molecule has 90 valence electrons. The third kappa shape index (κ3) is 3.36. The smallest absolute Gasteiger partial charge is 0.196 e. The molecular formula is C11H17NO4. The summed E-state index contributed by atoms with van der Waals surface area (Å²) in [7, 11) is 3.31. The lowest BCUT2D eigenvalue weighted by atomic mass is 10.3. The van der Waals surface area contributed by atoms with Gasteiger partial charge in [-0.05, 0) is 6.07 Å². The maximum absolute atomic E-state index is 11.0. The lowest BCUT2D eigenvalue weighted by Gasteiger charge is -2.19. The molecule has 1 heterocycles. The lowest BCUT2D eigenvalue weighted by molar-refractivity contribution is 0.0690. The molecule has 5 heteroatoms. The van der Waals surface area contributed by atoms with Crippen LogP contribution in [-0.2, 0) is 4.74 Å². The van der Waals surface area contributed by atoms with Gasteiger partial charge in [0.2, 0.25) is 0 Å². The van der Waals surface area contributed by atoms with E-state index in [0.29, 0.717) is 18.2 Å². The molecule has 0 aliphatic rings. The monoisotopic (exact) mass is 227 g/mol. The zero-order chi connectivity index (χ0) is 12.1. The number of ketones is 1. The molecule has 0 bridgehead atoms. The van der Waals surface area contributed by atoms with Crippen molar-refractivity contribution in [2.45, 2.75) is 13.0 Å². The van der Waals surface area contributed by atoms with Gasteiger partial charge in [0.1, 0.15) is 0 Å². The van der Waals surface area contributed by atoms with Gasteiger partial charge < -0.3 is 19.2 Å². The Morgan fingerprint density at radius 2 is 2.31 bits per heavy atom.